The summed E-state index contributed by atoms with van der Waals surface area (Å²) >= 11 is 1.11. The first-order valence-corrected chi connectivity index (χ1v) is 6.28. The van der Waals surface area contributed by atoms with Crippen molar-refractivity contribution in [3.63, 3.8) is 0 Å². The zero-order chi connectivity index (χ0) is 13.3. The minimum Gasteiger partial charge on any atom is -0.396 e. The van der Waals surface area contributed by atoms with Crippen molar-refractivity contribution in [2.75, 3.05) is 12.3 Å². The summed E-state index contributed by atoms with van der Waals surface area (Å²) in [5.74, 6) is 0.841. The molecule has 0 atom stereocenters. The second-order valence-electron chi connectivity index (χ2n) is 3.87. The van der Waals surface area contributed by atoms with Crippen molar-refractivity contribution in [3.8, 4) is 5.69 Å². The molecule has 0 fully saturated rings. The van der Waals surface area contributed by atoms with Crippen LogP contribution in [0.2, 0.25) is 0 Å². The van der Waals surface area contributed by atoms with Crippen LogP contribution in [0.5, 0.6) is 0 Å². The molecule has 0 aliphatic rings. The zero-order valence-electron chi connectivity index (χ0n) is 10.2. The Morgan fingerprint density at radius 1 is 1.50 bits per heavy atom. The lowest BCUT2D eigenvalue weighted by atomic mass is 10.3. The summed E-state index contributed by atoms with van der Waals surface area (Å²) in [4.78, 5) is 20.8. The number of aryl methyl sites for hydroxylation is 1. The average Bonchev–Trinajstić information content (AvgIpc) is 2.56. The molecular formula is C11H14N4O2S. The highest BCUT2D eigenvalue weighted by atomic mass is 32.1. The van der Waals surface area contributed by atoms with Crippen LogP contribution >= 0.6 is 11.3 Å². The number of aromatic nitrogens is 3. The molecule has 0 saturated carbocycles. The van der Waals surface area contributed by atoms with Crippen LogP contribution in [0.25, 0.3) is 5.69 Å². The molecule has 0 spiro atoms. The second kappa shape index (κ2) is 4.87. The van der Waals surface area contributed by atoms with Gasteiger partial charge in [-0.2, -0.15) is 0 Å². The normalized spacial score (nSPS) is 10.8. The highest BCUT2D eigenvalue weighted by Gasteiger charge is 2.15. The van der Waals surface area contributed by atoms with E-state index in [0.717, 1.165) is 21.9 Å². The number of nitrogens with two attached hydrogens (primary N) is 1. The SMILES string of the molecule is Cc1ncc(-n2c(C)c(CCO)sc2=O)c(N)n1. The molecule has 96 valence electrons. The first-order valence-electron chi connectivity index (χ1n) is 5.46. The van der Waals surface area contributed by atoms with Gasteiger partial charge in [0.05, 0.1) is 6.20 Å². The quantitative estimate of drug-likeness (QED) is 0.839. The molecule has 0 amide bonds. The van der Waals surface area contributed by atoms with E-state index in [1.54, 1.807) is 13.1 Å². The van der Waals surface area contributed by atoms with Gasteiger partial charge in [0.25, 0.3) is 0 Å². The number of anilines is 1. The number of hydrogen-bond donors (Lipinski definition) is 2. The highest BCUT2D eigenvalue weighted by molar-refractivity contribution is 7.09. The molecule has 2 heterocycles. The van der Waals surface area contributed by atoms with Crippen molar-refractivity contribution < 1.29 is 5.11 Å². The highest BCUT2D eigenvalue weighted by Crippen LogP contribution is 2.19. The van der Waals surface area contributed by atoms with Gasteiger partial charge < -0.3 is 10.8 Å². The Hall–Kier alpha value is -1.73. The number of aliphatic hydroxyl groups is 1. The lowest BCUT2D eigenvalue weighted by Gasteiger charge is -2.07. The maximum atomic E-state index is 12.0. The predicted molar refractivity (Wildman–Crippen MR) is 70.2 cm³/mol. The summed E-state index contributed by atoms with van der Waals surface area (Å²) in [5.41, 5.74) is 7.08. The minimum atomic E-state index is -0.143. The summed E-state index contributed by atoms with van der Waals surface area (Å²) in [7, 11) is 0. The van der Waals surface area contributed by atoms with Crippen LogP contribution in [0.4, 0.5) is 5.82 Å². The summed E-state index contributed by atoms with van der Waals surface area (Å²) in [6.45, 7) is 3.57. The van der Waals surface area contributed by atoms with Gasteiger partial charge in [0.2, 0.25) is 0 Å². The fourth-order valence-corrected chi connectivity index (χ4v) is 2.72. The Bertz CT molecular complexity index is 632. The molecule has 2 aromatic rings. The minimum absolute atomic E-state index is 0.0146. The van der Waals surface area contributed by atoms with Crippen molar-refractivity contribution in [2.24, 2.45) is 0 Å². The first kappa shape index (κ1) is 12.7. The number of nitrogens with zero attached hydrogens (tertiary/aromatic N) is 3. The number of nitrogen functional groups attached to an aromatic ring is 1. The van der Waals surface area contributed by atoms with Gasteiger partial charge in [0, 0.05) is 23.6 Å². The number of hydrogen-bond acceptors (Lipinski definition) is 6. The van der Waals surface area contributed by atoms with Gasteiger partial charge in [-0.3, -0.25) is 9.36 Å². The molecule has 0 aromatic carbocycles. The summed E-state index contributed by atoms with van der Waals surface area (Å²) in [6, 6.07) is 0. The fourth-order valence-electron chi connectivity index (χ4n) is 1.75. The largest absolute Gasteiger partial charge is 0.396 e. The van der Waals surface area contributed by atoms with Crippen LogP contribution in [0.15, 0.2) is 11.0 Å². The number of thiazole rings is 1. The number of rotatable bonds is 3. The summed E-state index contributed by atoms with van der Waals surface area (Å²) in [6.07, 6.45) is 2.01. The molecule has 0 bridgehead atoms. The Balaban J connectivity index is 2.60. The maximum absolute atomic E-state index is 12.0. The van der Waals surface area contributed by atoms with Gasteiger partial charge >= 0.3 is 4.87 Å². The van der Waals surface area contributed by atoms with Crippen molar-refractivity contribution in [1.82, 2.24) is 14.5 Å². The topological polar surface area (TPSA) is 94.0 Å². The van der Waals surface area contributed by atoms with Gasteiger partial charge in [-0.25, -0.2) is 9.97 Å². The van der Waals surface area contributed by atoms with E-state index >= 15 is 0 Å². The molecule has 7 heteroatoms. The molecule has 0 radical (unpaired) electrons. The van der Waals surface area contributed by atoms with Crippen LogP contribution < -0.4 is 10.6 Å². The van der Waals surface area contributed by atoms with Crippen molar-refractivity contribution in [3.05, 3.63) is 32.3 Å². The van der Waals surface area contributed by atoms with E-state index in [9.17, 15) is 4.79 Å². The lowest BCUT2D eigenvalue weighted by Crippen LogP contribution is -2.15. The van der Waals surface area contributed by atoms with Gasteiger partial charge in [-0.1, -0.05) is 11.3 Å². The Morgan fingerprint density at radius 3 is 2.83 bits per heavy atom. The molecule has 0 aliphatic heterocycles. The molecule has 0 saturated heterocycles. The van der Waals surface area contributed by atoms with Crippen LogP contribution in [-0.2, 0) is 6.42 Å². The summed E-state index contributed by atoms with van der Waals surface area (Å²) in [5, 5.41) is 8.95. The molecule has 18 heavy (non-hydrogen) atoms. The fraction of sp³-hybridized carbons (Fsp3) is 0.364. The molecule has 0 unspecified atom stereocenters. The van der Waals surface area contributed by atoms with Gasteiger partial charge in [-0.15, -0.1) is 0 Å². The summed E-state index contributed by atoms with van der Waals surface area (Å²) < 4.78 is 1.49. The van der Waals surface area contributed by atoms with E-state index in [-0.39, 0.29) is 17.3 Å². The predicted octanol–water partition coefficient (Wildman–Crippen LogP) is 0.423. The van der Waals surface area contributed by atoms with E-state index in [1.165, 1.54) is 4.57 Å². The van der Waals surface area contributed by atoms with E-state index < -0.39 is 0 Å². The van der Waals surface area contributed by atoms with Gasteiger partial charge in [0.1, 0.15) is 11.5 Å². The Morgan fingerprint density at radius 2 is 2.22 bits per heavy atom. The lowest BCUT2D eigenvalue weighted by molar-refractivity contribution is 0.300. The van der Waals surface area contributed by atoms with E-state index in [1.807, 2.05) is 6.92 Å². The third kappa shape index (κ3) is 2.14. The van der Waals surface area contributed by atoms with Crippen molar-refractivity contribution in [1.29, 1.82) is 0 Å². The van der Waals surface area contributed by atoms with E-state index in [0.29, 0.717) is 17.9 Å². The molecule has 0 aliphatic carbocycles. The molecular weight excluding hydrogens is 252 g/mol. The Kier molecular flexibility index (Phi) is 3.44. The third-order valence-corrected chi connectivity index (χ3v) is 3.73. The number of aliphatic hydroxyl groups excluding tert-OH is 1. The monoisotopic (exact) mass is 266 g/mol. The van der Waals surface area contributed by atoms with Crippen molar-refractivity contribution >= 4 is 17.2 Å². The third-order valence-electron chi connectivity index (χ3n) is 2.63. The first-order chi connectivity index (χ1) is 8.54. The second-order valence-corrected chi connectivity index (χ2v) is 4.92. The van der Waals surface area contributed by atoms with E-state index in [2.05, 4.69) is 9.97 Å². The van der Waals surface area contributed by atoms with Crippen molar-refractivity contribution in [2.45, 2.75) is 20.3 Å². The van der Waals surface area contributed by atoms with E-state index in [4.69, 9.17) is 10.8 Å². The standard InChI is InChI=1S/C11H14N4O2S/c1-6-9(3-4-16)18-11(17)15(6)8-5-13-7(2)14-10(8)12/h5,16H,3-4H2,1-2H3,(H2,12,13,14). The average molecular weight is 266 g/mol. The van der Waals surface area contributed by atoms with Gasteiger partial charge in [0.15, 0.2) is 5.82 Å². The van der Waals surface area contributed by atoms with Crippen LogP contribution in [0, 0.1) is 13.8 Å². The van der Waals surface area contributed by atoms with Gasteiger partial charge in [-0.05, 0) is 13.8 Å². The van der Waals surface area contributed by atoms with Crippen LogP contribution in [0.1, 0.15) is 16.4 Å². The van der Waals surface area contributed by atoms with Crippen LogP contribution in [0.3, 0.4) is 0 Å². The smallest absolute Gasteiger partial charge is 0.312 e. The molecule has 3 N–H and O–H groups in total. The maximum Gasteiger partial charge on any atom is 0.312 e. The Labute approximate surface area is 108 Å². The molecule has 6 nitrogen and oxygen atoms in total. The zero-order valence-corrected chi connectivity index (χ0v) is 11.0. The van der Waals surface area contributed by atoms with Crippen LogP contribution in [-0.4, -0.2) is 26.2 Å². The molecule has 2 aromatic heterocycles. The molecule has 2 rings (SSSR count).